The van der Waals surface area contributed by atoms with Crippen LogP contribution < -0.4 is 11.3 Å². The van der Waals surface area contributed by atoms with Crippen molar-refractivity contribution in [1.29, 1.82) is 0 Å². The second-order valence-corrected chi connectivity index (χ2v) is 4.76. The molecule has 3 aromatic heterocycles. The third-order valence-corrected chi connectivity index (χ3v) is 3.35. The number of nitrogens with two attached hydrogens (primary N) is 1. The molecule has 3 rings (SSSR count). The Bertz CT molecular complexity index is 779. The molecule has 0 aliphatic heterocycles. The lowest BCUT2D eigenvalue weighted by molar-refractivity contribution is 0.892. The maximum atomic E-state index is 11.8. The number of aromatic nitrogens is 5. The Morgan fingerprint density at radius 2 is 2.17 bits per heavy atom. The maximum Gasteiger partial charge on any atom is 0.274 e. The van der Waals surface area contributed by atoms with Gasteiger partial charge in [0.25, 0.3) is 11.3 Å². The molecule has 0 amide bonds. The minimum absolute atomic E-state index is 0.198. The summed E-state index contributed by atoms with van der Waals surface area (Å²) in [5.74, 6) is 0.842. The summed E-state index contributed by atoms with van der Waals surface area (Å²) in [7, 11) is 0. The van der Waals surface area contributed by atoms with Crippen LogP contribution in [0.4, 0.5) is 5.00 Å². The number of nitrogen functional groups attached to an aromatic ring is 1. The van der Waals surface area contributed by atoms with E-state index in [0.29, 0.717) is 22.3 Å². The van der Waals surface area contributed by atoms with Crippen LogP contribution in [0.25, 0.3) is 17.2 Å². The Hall–Kier alpha value is -2.22. The zero-order valence-corrected chi connectivity index (χ0v) is 10.6. The minimum Gasteiger partial charge on any atom is -0.389 e. The molecule has 18 heavy (non-hydrogen) atoms. The van der Waals surface area contributed by atoms with Crippen LogP contribution in [0.15, 0.2) is 10.9 Å². The Balaban J connectivity index is 2.33. The van der Waals surface area contributed by atoms with Crippen LogP contribution in [0.3, 0.4) is 0 Å². The van der Waals surface area contributed by atoms with Crippen LogP contribution in [-0.4, -0.2) is 24.0 Å². The summed E-state index contributed by atoms with van der Waals surface area (Å²) in [6, 6.07) is 1.44. The summed E-state index contributed by atoms with van der Waals surface area (Å²) in [5.41, 5.74) is 7.79. The van der Waals surface area contributed by atoms with Crippen molar-refractivity contribution in [2.75, 3.05) is 5.73 Å². The minimum atomic E-state index is -0.198. The number of nitrogens with one attached hydrogen (secondary N) is 1. The van der Waals surface area contributed by atoms with Crippen molar-refractivity contribution in [3.63, 3.8) is 0 Å². The second-order valence-electron chi connectivity index (χ2n) is 3.95. The van der Waals surface area contributed by atoms with Crippen LogP contribution in [0.1, 0.15) is 11.4 Å². The van der Waals surface area contributed by atoms with Gasteiger partial charge in [-0.15, -0.1) is 0 Å². The highest BCUT2D eigenvalue weighted by Gasteiger charge is 2.15. The fraction of sp³-hybridized carbons (Fsp3) is 0.200. The van der Waals surface area contributed by atoms with Crippen molar-refractivity contribution >= 4 is 22.3 Å². The smallest absolute Gasteiger partial charge is 0.274 e. The highest BCUT2D eigenvalue weighted by atomic mass is 32.1. The number of H-pyrrole nitrogens is 1. The molecule has 0 fully saturated rings. The molecule has 3 aromatic rings. The van der Waals surface area contributed by atoms with E-state index in [2.05, 4.69) is 19.4 Å². The zero-order chi connectivity index (χ0) is 12.9. The molecule has 0 radical (unpaired) electrons. The number of anilines is 1. The average Bonchev–Trinajstić information content (AvgIpc) is 2.82. The van der Waals surface area contributed by atoms with Crippen LogP contribution in [0.5, 0.6) is 0 Å². The Morgan fingerprint density at radius 3 is 2.83 bits per heavy atom. The number of fused-ring (bicyclic) bond motifs is 1. The monoisotopic (exact) mass is 262 g/mol. The summed E-state index contributed by atoms with van der Waals surface area (Å²) < 4.78 is 5.44. The lowest BCUT2D eigenvalue weighted by Crippen LogP contribution is -2.14. The van der Waals surface area contributed by atoms with Crippen molar-refractivity contribution in [3.05, 3.63) is 27.8 Å². The van der Waals surface area contributed by atoms with Gasteiger partial charge in [0.15, 0.2) is 5.82 Å². The van der Waals surface area contributed by atoms with Gasteiger partial charge in [-0.3, -0.25) is 9.89 Å². The van der Waals surface area contributed by atoms with Crippen LogP contribution in [0, 0.1) is 13.8 Å². The van der Waals surface area contributed by atoms with Crippen LogP contribution in [-0.2, 0) is 0 Å². The van der Waals surface area contributed by atoms with Gasteiger partial charge in [0.2, 0.25) is 0 Å². The molecule has 0 aliphatic carbocycles. The van der Waals surface area contributed by atoms with Crippen molar-refractivity contribution in [3.8, 4) is 11.4 Å². The van der Waals surface area contributed by atoms with Gasteiger partial charge in [-0.05, 0) is 25.4 Å². The molecule has 0 bridgehead atoms. The van der Waals surface area contributed by atoms with E-state index in [-0.39, 0.29) is 5.56 Å². The third-order valence-electron chi connectivity index (χ3n) is 2.58. The van der Waals surface area contributed by atoms with Crippen molar-refractivity contribution in [1.82, 2.24) is 24.0 Å². The summed E-state index contributed by atoms with van der Waals surface area (Å²) in [5, 5.41) is 3.46. The second kappa shape index (κ2) is 3.64. The fourth-order valence-electron chi connectivity index (χ4n) is 1.78. The molecule has 0 atom stereocenters. The lowest BCUT2D eigenvalue weighted by atomic mass is 10.2. The molecule has 3 N–H and O–H groups in total. The van der Waals surface area contributed by atoms with E-state index >= 15 is 0 Å². The van der Waals surface area contributed by atoms with Gasteiger partial charge in [0.05, 0.1) is 11.3 Å². The standard InChI is InChI=1S/C10H10N6OS/c1-4-3-6(17)16-10(12-4)13-9(14-16)7-5(2)15-18-8(7)11/h3H,11H2,1-2H3,(H,12,13,14). The van der Waals surface area contributed by atoms with E-state index in [0.717, 1.165) is 11.3 Å². The van der Waals surface area contributed by atoms with E-state index in [1.54, 1.807) is 6.92 Å². The van der Waals surface area contributed by atoms with Crippen molar-refractivity contribution in [2.24, 2.45) is 0 Å². The number of hydrogen-bond acceptors (Lipinski definition) is 6. The number of hydrogen-bond donors (Lipinski definition) is 2. The fourth-order valence-corrected chi connectivity index (χ4v) is 2.44. The topological polar surface area (TPSA) is 102 Å². The first-order chi connectivity index (χ1) is 8.56. The predicted octanol–water partition coefficient (Wildman–Crippen LogP) is 0.740. The van der Waals surface area contributed by atoms with Gasteiger partial charge < -0.3 is 5.73 Å². The van der Waals surface area contributed by atoms with E-state index in [1.165, 1.54) is 22.1 Å². The molecule has 0 saturated heterocycles. The van der Waals surface area contributed by atoms with Crippen molar-refractivity contribution < 1.29 is 0 Å². The summed E-state index contributed by atoms with van der Waals surface area (Å²) in [6.45, 7) is 3.60. The number of nitrogens with zero attached hydrogens (tertiary/aromatic N) is 4. The van der Waals surface area contributed by atoms with Gasteiger partial charge in [0.1, 0.15) is 5.00 Å². The maximum absolute atomic E-state index is 11.8. The summed E-state index contributed by atoms with van der Waals surface area (Å²) in [4.78, 5) is 20.2. The number of rotatable bonds is 1. The van der Waals surface area contributed by atoms with Crippen LogP contribution in [0.2, 0.25) is 0 Å². The predicted molar refractivity (Wildman–Crippen MR) is 68.6 cm³/mol. The van der Waals surface area contributed by atoms with Gasteiger partial charge in [0, 0.05) is 11.8 Å². The molecule has 92 valence electrons. The highest BCUT2D eigenvalue weighted by molar-refractivity contribution is 7.10. The Morgan fingerprint density at radius 1 is 1.39 bits per heavy atom. The summed E-state index contributed by atoms with van der Waals surface area (Å²) in [6.07, 6.45) is 0. The van der Waals surface area contributed by atoms with E-state index in [9.17, 15) is 4.79 Å². The lowest BCUT2D eigenvalue weighted by Gasteiger charge is -1.93. The molecule has 7 nitrogen and oxygen atoms in total. The molecule has 0 spiro atoms. The Labute approximate surface area is 105 Å². The zero-order valence-electron chi connectivity index (χ0n) is 9.76. The Kier molecular flexibility index (Phi) is 2.20. The van der Waals surface area contributed by atoms with Gasteiger partial charge in [-0.1, -0.05) is 0 Å². The van der Waals surface area contributed by atoms with Gasteiger partial charge in [-0.25, -0.2) is 4.98 Å². The molecular formula is C10H10N6OS. The molecule has 0 unspecified atom stereocenters. The third kappa shape index (κ3) is 1.50. The SMILES string of the molecule is Cc1cc(=O)n2[nH]c(-c3c(C)nsc3N)nc2n1. The molecule has 0 saturated carbocycles. The quantitative estimate of drug-likeness (QED) is 0.673. The average molecular weight is 262 g/mol. The van der Waals surface area contributed by atoms with Crippen molar-refractivity contribution in [2.45, 2.75) is 13.8 Å². The first-order valence-electron chi connectivity index (χ1n) is 5.25. The van der Waals surface area contributed by atoms with E-state index < -0.39 is 0 Å². The summed E-state index contributed by atoms with van der Waals surface area (Å²) >= 11 is 1.20. The molecule has 0 aromatic carbocycles. The number of aryl methyl sites for hydroxylation is 2. The highest BCUT2D eigenvalue weighted by Crippen LogP contribution is 2.29. The van der Waals surface area contributed by atoms with Gasteiger partial charge >= 0.3 is 0 Å². The first-order valence-corrected chi connectivity index (χ1v) is 6.02. The van der Waals surface area contributed by atoms with E-state index in [1.807, 2.05) is 6.92 Å². The van der Waals surface area contributed by atoms with Gasteiger partial charge in [-0.2, -0.15) is 13.9 Å². The molecule has 8 heteroatoms. The largest absolute Gasteiger partial charge is 0.389 e. The first kappa shape index (κ1) is 10.9. The van der Waals surface area contributed by atoms with Crippen LogP contribution >= 0.6 is 11.5 Å². The molecule has 3 heterocycles. The molecule has 0 aliphatic rings. The normalized spacial score (nSPS) is 11.2. The van der Waals surface area contributed by atoms with E-state index in [4.69, 9.17) is 5.73 Å². The molecular weight excluding hydrogens is 252 g/mol. The number of aromatic amines is 1.